The van der Waals surface area contributed by atoms with Gasteiger partial charge in [0.15, 0.2) is 5.71 Å². The van der Waals surface area contributed by atoms with Crippen molar-refractivity contribution in [3.63, 3.8) is 0 Å². The lowest BCUT2D eigenvalue weighted by Crippen LogP contribution is -2.71. The first-order chi connectivity index (χ1) is 16.9. The van der Waals surface area contributed by atoms with Gasteiger partial charge in [0, 0.05) is 18.2 Å². The highest BCUT2D eigenvalue weighted by atomic mass is 32.2. The van der Waals surface area contributed by atoms with Crippen molar-refractivity contribution < 1.29 is 33.9 Å². The third kappa shape index (κ3) is 5.38. The molecule has 182 valence electrons. The fourth-order valence-electron chi connectivity index (χ4n) is 3.55. The standard InChI is InChI=1S/C23H21N3O7S2/c1-13(27)32-11-15-12-35-22-18(21(29)26(22)19(15)23(30)31)24-20(28)17(16-8-5-9-34-16)25-33-10-14-6-3-2-4-7-14/h2-9,18,22H,10-12H2,1H3,(H,24,28)(H,30,31)/t18-,22-/m1/s1. The van der Waals surface area contributed by atoms with Crippen LogP contribution in [0.25, 0.3) is 0 Å². The van der Waals surface area contributed by atoms with Crippen molar-refractivity contribution >= 4 is 52.6 Å². The number of carbonyl (C=O) groups is 4. The van der Waals surface area contributed by atoms with E-state index in [1.165, 1.54) is 30.0 Å². The van der Waals surface area contributed by atoms with Crippen molar-refractivity contribution in [1.82, 2.24) is 10.2 Å². The number of aliphatic carboxylic acids is 1. The van der Waals surface area contributed by atoms with Crippen LogP contribution in [-0.4, -0.2) is 63.2 Å². The fraction of sp³-hybridized carbons (Fsp3) is 0.261. The highest BCUT2D eigenvalue weighted by molar-refractivity contribution is 8.00. The van der Waals surface area contributed by atoms with Crippen LogP contribution in [0, 0.1) is 0 Å². The van der Waals surface area contributed by atoms with Gasteiger partial charge in [-0.2, -0.15) is 0 Å². The number of nitrogens with one attached hydrogen (secondary N) is 1. The Bertz CT molecular complexity index is 1190. The number of fused-ring (bicyclic) bond motifs is 1. The Morgan fingerprint density at radius 1 is 1.17 bits per heavy atom. The van der Waals surface area contributed by atoms with E-state index < -0.39 is 35.2 Å². The monoisotopic (exact) mass is 515 g/mol. The number of rotatable bonds is 9. The zero-order valence-corrected chi connectivity index (χ0v) is 20.1. The number of benzene rings is 1. The molecule has 10 nitrogen and oxygen atoms in total. The Hall–Kier alpha value is -3.64. The topological polar surface area (TPSA) is 135 Å². The number of thiophene rings is 1. The maximum atomic E-state index is 13.1. The predicted octanol–water partition coefficient (Wildman–Crippen LogP) is 1.97. The second-order valence-corrected chi connectivity index (χ2v) is 9.63. The zero-order valence-electron chi connectivity index (χ0n) is 18.5. The summed E-state index contributed by atoms with van der Waals surface area (Å²) in [4.78, 5) is 56.0. The number of ether oxygens (including phenoxy) is 1. The van der Waals surface area contributed by atoms with Gasteiger partial charge in [0.2, 0.25) is 0 Å². The summed E-state index contributed by atoms with van der Waals surface area (Å²) in [6, 6.07) is 11.9. The quantitative estimate of drug-likeness (QED) is 0.224. The average molecular weight is 516 g/mol. The highest BCUT2D eigenvalue weighted by Gasteiger charge is 2.54. The lowest BCUT2D eigenvalue weighted by molar-refractivity contribution is -0.150. The number of oxime groups is 1. The van der Waals surface area contributed by atoms with Crippen LogP contribution in [0.15, 0.2) is 64.3 Å². The summed E-state index contributed by atoms with van der Waals surface area (Å²) in [6.07, 6.45) is 0. The predicted molar refractivity (Wildman–Crippen MR) is 128 cm³/mol. The number of nitrogens with zero attached hydrogens (tertiary/aromatic N) is 2. The van der Waals surface area contributed by atoms with Crippen LogP contribution < -0.4 is 5.32 Å². The molecule has 0 saturated carbocycles. The molecule has 0 unspecified atom stereocenters. The first kappa shape index (κ1) is 24.5. The van der Waals surface area contributed by atoms with Gasteiger partial charge in [-0.25, -0.2) is 4.79 Å². The number of amides is 2. The Morgan fingerprint density at radius 3 is 2.60 bits per heavy atom. The van der Waals surface area contributed by atoms with E-state index in [4.69, 9.17) is 9.57 Å². The Kier molecular flexibility index (Phi) is 7.51. The SMILES string of the molecule is CC(=O)OCC1=C(C(=O)O)N2C(=O)[C@@H](NC(=O)C(=NOCc3ccccc3)c3cccs3)[C@H]2SC1. The van der Waals surface area contributed by atoms with Crippen LogP contribution in [0.3, 0.4) is 0 Å². The molecule has 0 bridgehead atoms. The minimum atomic E-state index is -1.30. The number of thioether (sulfide) groups is 1. The number of hydrogen-bond donors (Lipinski definition) is 2. The van der Waals surface area contributed by atoms with Gasteiger partial charge >= 0.3 is 11.9 Å². The molecule has 1 aromatic carbocycles. The van der Waals surface area contributed by atoms with E-state index in [2.05, 4.69) is 10.5 Å². The van der Waals surface area contributed by atoms with Gasteiger partial charge in [-0.1, -0.05) is 41.6 Å². The molecule has 0 spiro atoms. The maximum absolute atomic E-state index is 13.1. The van der Waals surface area contributed by atoms with E-state index in [9.17, 15) is 24.3 Å². The molecule has 2 N–H and O–H groups in total. The molecule has 2 aliphatic rings. The molecular weight excluding hydrogens is 494 g/mol. The molecule has 1 aromatic heterocycles. The first-order valence-corrected chi connectivity index (χ1v) is 12.4. The Morgan fingerprint density at radius 2 is 1.94 bits per heavy atom. The number of esters is 1. The third-order valence-electron chi connectivity index (χ3n) is 5.19. The molecule has 4 rings (SSSR count). The highest BCUT2D eigenvalue weighted by Crippen LogP contribution is 2.40. The van der Waals surface area contributed by atoms with Gasteiger partial charge in [0.05, 0.1) is 4.88 Å². The maximum Gasteiger partial charge on any atom is 0.352 e. The molecule has 0 radical (unpaired) electrons. The van der Waals surface area contributed by atoms with Crippen LogP contribution >= 0.6 is 23.1 Å². The van der Waals surface area contributed by atoms with Gasteiger partial charge in [-0.3, -0.25) is 19.3 Å². The van der Waals surface area contributed by atoms with Crippen molar-refractivity contribution in [3.05, 3.63) is 69.6 Å². The zero-order chi connectivity index (χ0) is 24.9. The van der Waals surface area contributed by atoms with E-state index in [-0.39, 0.29) is 30.4 Å². The molecule has 12 heteroatoms. The lowest BCUT2D eigenvalue weighted by atomic mass is 10.0. The molecule has 2 atom stereocenters. The summed E-state index contributed by atoms with van der Waals surface area (Å²) < 4.78 is 4.93. The smallest absolute Gasteiger partial charge is 0.352 e. The number of carbonyl (C=O) groups excluding carboxylic acids is 3. The Balaban J connectivity index is 1.48. The molecule has 2 aromatic rings. The number of hydrogen-bond acceptors (Lipinski definition) is 9. The second-order valence-electron chi connectivity index (χ2n) is 7.57. The van der Waals surface area contributed by atoms with Gasteiger partial charge in [-0.15, -0.1) is 23.1 Å². The minimum absolute atomic E-state index is 0.0209. The molecule has 35 heavy (non-hydrogen) atoms. The van der Waals surface area contributed by atoms with Crippen molar-refractivity contribution in [1.29, 1.82) is 0 Å². The summed E-state index contributed by atoms with van der Waals surface area (Å²) >= 11 is 2.58. The van der Waals surface area contributed by atoms with E-state index >= 15 is 0 Å². The van der Waals surface area contributed by atoms with Crippen molar-refractivity contribution in [2.75, 3.05) is 12.4 Å². The van der Waals surface area contributed by atoms with Gasteiger partial charge in [-0.05, 0) is 17.0 Å². The number of β-lactam (4-membered cyclic amide) rings is 1. The largest absolute Gasteiger partial charge is 0.477 e. The van der Waals surface area contributed by atoms with Gasteiger partial charge in [0.25, 0.3) is 11.8 Å². The van der Waals surface area contributed by atoms with E-state index in [0.717, 1.165) is 10.5 Å². The summed E-state index contributed by atoms with van der Waals surface area (Å²) in [7, 11) is 0. The minimum Gasteiger partial charge on any atom is -0.477 e. The summed E-state index contributed by atoms with van der Waals surface area (Å²) in [6.45, 7) is 1.16. The van der Waals surface area contributed by atoms with Gasteiger partial charge in [0.1, 0.15) is 30.3 Å². The van der Waals surface area contributed by atoms with E-state index in [1.807, 2.05) is 30.3 Å². The van der Waals surface area contributed by atoms with Gasteiger partial charge < -0.3 is 20.0 Å². The lowest BCUT2D eigenvalue weighted by Gasteiger charge is -2.49. The molecule has 2 aliphatic heterocycles. The van der Waals surface area contributed by atoms with E-state index in [0.29, 0.717) is 10.5 Å². The molecular formula is C23H21N3O7S2. The molecule has 1 saturated heterocycles. The first-order valence-electron chi connectivity index (χ1n) is 10.5. The number of carboxylic acids is 1. The van der Waals surface area contributed by atoms with Crippen LogP contribution in [0.1, 0.15) is 17.4 Å². The fourth-order valence-corrected chi connectivity index (χ4v) is 5.58. The summed E-state index contributed by atoms with van der Waals surface area (Å²) in [5.41, 5.74) is 1.00. The van der Waals surface area contributed by atoms with E-state index in [1.54, 1.807) is 17.5 Å². The van der Waals surface area contributed by atoms with Crippen LogP contribution in [0.2, 0.25) is 0 Å². The normalized spacial score (nSPS) is 19.5. The third-order valence-corrected chi connectivity index (χ3v) is 7.40. The summed E-state index contributed by atoms with van der Waals surface area (Å²) in [5, 5.41) is 17.5. The molecule has 2 amide bonds. The van der Waals surface area contributed by atoms with Crippen molar-refractivity contribution in [2.45, 2.75) is 24.9 Å². The van der Waals surface area contributed by atoms with Crippen molar-refractivity contribution in [3.8, 4) is 0 Å². The average Bonchev–Trinajstić information content (AvgIpc) is 3.38. The second kappa shape index (κ2) is 10.7. The Labute approximate surface area is 208 Å². The molecule has 0 aliphatic carbocycles. The molecule has 3 heterocycles. The number of carboxylic acid groups (broad SMARTS) is 1. The van der Waals surface area contributed by atoms with Crippen LogP contribution in [-0.2, 0) is 35.4 Å². The van der Waals surface area contributed by atoms with Crippen molar-refractivity contribution in [2.24, 2.45) is 5.16 Å². The molecule has 1 fully saturated rings. The van der Waals surface area contributed by atoms with Crippen LogP contribution in [0.5, 0.6) is 0 Å². The summed E-state index contributed by atoms with van der Waals surface area (Å²) in [5.74, 6) is -2.79. The van der Waals surface area contributed by atoms with Crippen LogP contribution in [0.4, 0.5) is 0 Å².